The molecule has 0 aliphatic heterocycles. The number of rotatable bonds is 2. The largest absolute Gasteiger partial charge is 0.359 e. The number of aromatic nitrogens is 1. The molecule has 0 N–H and O–H groups in total. The molecule has 3 nitrogen and oxygen atoms in total. The molecule has 0 saturated carbocycles. The predicted molar refractivity (Wildman–Crippen MR) is 39.9 cm³/mol. The maximum atomic E-state index is 4.82. The normalized spacial score (nSPS) is 12.1. The second-order valence-corrected chi connectivity index (χ2v) is 1.99. The van der Waals surface area contributed by atoms with Crippen LogP contribution in [0.3, 0.4) is 0 Å². The summed E-state index contributed by atoms with van der Waals surface area (Å²) in [5.74, 6) is 0.706. The summed E-state index contributed by atoms with van der Waals surface area (Å²) in [4.78, 5) is 3.80. The Hall–Kier alpha value is -0.990. The van der Waals surface area contributed by atoms with Crippen molar-refractivity contribution < 1.29 is 4.52 Å². The van der Waals surface area contributed by atoms with Gasteiger partial charge in [0.15, 0.2) is 5.76 Å². The second-order valence-electron chi connectivity index (χ2n) is 1.81. The molecule has 1 atom stereocenters. The van der Waals surface area contributed by atoms with Crippen LogP contribution in [0.25, 0.3) is 0 Å². The highest BCUT2D eigenvalue weighted by atomic mass is 32.1. The third kappa shape index (κ3) is 1.50. The van der Waals surface area contributed by atoms with Gasteiger partial charge in [0.05, 0.1) is 11.4 Å². The SMILES string of the molecule is C[C@@H](N=C=S)c1ccno1. The third-order valence-corrected chi connectivity index (χ3v) is 1.22. The van der Waals surface area contributed by atoms with E-state index in [9.17, 15) is 0 Å². The molecular weight excluding hydrogens is 148 g/mol. The monoisotopic (exact) mass is 154 g/mol. The van der Waals surface area contributed by atoms with E-state index in [0.717, 1.165) is 0 Å². The number of isothiocyanates is 1. The Kier molecular flexibility index (Phi) is 2.31. The van der Waals surface area contributed by atoms with Crippen LogP contribution in [-0.4, -0.2) is 10.3 Å². The van der Waals surface area contributed by atoms with E-state index in [1.54, 1.807) is 12.3 Å². The first-order chi connectivity index (χ1) is 4.84. The van der Waals surface area contributed by atoms with Gasteiger partial charge >= 0.3 is 0 Å². The Bertz CT molecular complexity index is 238. The molecule has 0 unspecified atom stereocenters. The number of hydrogen-bond donors (Lipinski definition) is 0. The lowest BCUT2D eigenvalue weighted by Crippen LogP contribution is -1.83. The summed E-state index contributed by atoms with van der Waals surface area (Å²) in [6.45, 7) is 1.86. The van der Waals surface area contributed by atoms with E-state index in [1.807, 2.05) is 6.92 Å². The molecule has 52 valence electrons. The van der Waals surface area contributed by atoms with Crippen molar-refractivity contribution in [3.05, 3.63) is 18.0 Å². The van der Waals surface area contributed by atoms with Crippen LogP contribution in [0.2, 0.25) is 0 Å². The molecule has 0 aliphatic carbocycles. The van der Waals surface area contributed by atoms with Gasteiger partial charge in [-0.25, -0.2) is 4.99 Å². The van der Waals surface area contributed by atoms with Gasteiger partial charge < -0.3 is 4.52 Å². The molecule has 1 aromatic rings. The van der Waals surface area contributed by atoms with Crippen LogP contribution in [0.1, 0.15) is 18.7 Å². The number of nitrogens with zero attached hydrogens (tertiary/aromatic N) is 2. The molecule has 4 heteroatoms. The summed E-state index contributed by atoms with van der Waals surface area (Å²) in [5.41, 5.74) is 0. The van der Waals surface area contributed by atoms with Crippen LogP contribution in [0.15, 0.2) is 21.8 Å². The smallest absolute Gasteiger partial charge is 0.161 e. The highest BCUT2D eigenvalue weighted by molar-refractivity contribution is 7.78. The van der Waals surface area contributed by atoms with Crippen molar-refractivity contribution >= 4 is 17.4 Å². The van der Waals surface area contributed by atoms with Crippen LogP contribution in [0.4, 0.5) is 0 Å². The van der Waals surface area contributed by atoms with Crippen molar-refractivity contribution in [2.24, 2.45) is 4.99 Å². The summed E-state index contributed by atoms with van der Waals surface area (Å²) in [6.07, 6.45) is 1.57. The second kappa shape index (κ2) is 3.25. The highest BCUT2D eigenvalue weighted by Crippen LogP contribution is 2.13. The average Bonchev–Trinajstić information content (AvgIpc) is 2.38. The fourth-order valence-electron chi connectivity index (χ4n) is 0.584. The van der Waals surface area contributed by atoms with Gasteiger partial charge in [-0.3, -0.25) is 0 Å². The third-order valence-electron chi connectivity index (χ3n) is 1.12. The van der Waals surface area contributed by atoms with Gasteiger partial charge in [0.2, 0.25) is 0 Å². The van der Waals surface area contributed by atoms with Gasteiger partial charge in [0.25, 0.3) is 0 Å². The highest BCUT2D eigenvalue weighted by Gasteiger charge is 2.04. The number of hydrogen-bond acceptors (Lipinski definition) is 4. The minimum atomic E-state index is -0.0694. The van der Waals surface area contributed by atoms with E-state index in [2.05, 4.69) is 27.5 Å². The maximum Gasteiger partial charge on any atom is 0.161 e. The van der Waals surface area contributed by atoms with Crippen LogP contribution in [-0.2, 0) is 0 Å². The van der Waals surface area contributed by atoms with Crippen LogP contribution in [0.5, 0.6) is 0 Å². The lowest BCUT2D eigenvalue weighted by atomic mass is 10.3. The Labute approximate surface area is 63.7 Å². The molecule has 0 aliphatic rings. The van der Waals surface area contributed by atoms with Crippen LogP contribution >= 0.6 is 12.2 Å². The summed E-state index contributed by atoms with van der Waals surface area (Å²) >= 11 is 4.42. The Morgan fingerprint density at radius 2 is 2.70 bits per heavy atom. The fraction of sp³-hybridized carbons (Fsp3) is 0.333. The number of thiocarbonyl (C=S) groups is 1. The van der Waals surface area contributed by atoms with Crippen LogP contribution < -0.4 is 0 Å². The zero-order chi connectivity index (χ0) is 7.40. The molecule has 0 bridgehead atoms. The topological polar surface area (TPSA) is 38.4 Å². The van der Waals surface area contributed by atoms with Crippen molar-refractivity contribution in [2.45, 2.75) is 13.0 Å². The summed E-state index contributed by atoms with van der Waals surface area (Å²) in [5, 5.41) is 5.81. The van der Waals surface area contributed by atoms with E-state index in [0.29, 0.717) is 5.76 Å². The molecule has 0 aromatic carbocycles. The lowest BCUT2D eigenvalue weighted by molar-refractivity contribution is 0.368. The first-order valence-corrected chi connectivity index (χ1v) is 3.23. The average molecular weight is 154 g/mol. The van der Waals surface area contributed by atoms with Crippen molar-refractivity contribution in [2.75, 3.05) is 0 Å². The van der Waals surface area contributed by atoms with Crippen molar-refractivity contribution in [3.63, 3.8) is 0 Å². The molecule has 1 rings (SSSR count). The van der Waals surface area contributed by atoms with Gasteiger partial charge in [0.1, 0.15) is 6.04 Å². The predicted octanol–water partition coefficient (Wildman–Crippen LogP) is 1.84. The summed E-state index contributed by atoms with van der Waals surface area (Å²) in [7, 11) is 0. The standard InChI is InChI=1S/C6H6N2OS/c1-5(7-4-10)6-2-3-8-9-6/h2-3,5H,1H3/t5-/m1/s1. The van der Waals surface area contributed by atoms with Crippen molar-refractivity contribution in [1.82, 2.24) is 5.16 Å². The lowest BCUT2D eigenvalue weighted by Gasteiger charge is -1.94. The van der Waals surface area contributed by atoms with E-state index < -0.39 is 0 Å². The Morgan fingerprint density at radius 1 is 1.90 bits per heavy atom. The molecule has 0 saturated heterocycles. The van der Waals surface area contributed by atoms with Gasteiger partial charge in [-0.05, 0) is 19.1 Å². The molecule has 1 aromatic heterocycles. The molecular formula is C6H6N2OS. The van der Waals surface area contributed by atoms with E-state index >= 15 is 0 Å². The van der Waals surface area contributed by atoms with Gasteiger partial charge in [-0.15, -0.1) is 0 Å². The van der Waals surface area contributed by atoms with E-state index in [1.165, 1.54) is 0 Å². The van der Waals surface area contributed by atoms with E-state index in [4.69, 9.17) is 4.52 Å². The van der Waals surface area contributed by atoms with Crippen LogP contribution in [0, 0.1) is 0 Å². The Morgan fingerprint density at radius 3 is 3.20 bits per heavy atom. The van der Waals surface area contributed by atoms with E-state index in [-0.39, 0.29) is 6.04 Å². The first-order valence-electron chi connectivity index (χ1n) is 2.82. The minimum Gasteiger partial charge on any atom is -0.359 e. The quantitative estimate of drug-likeness (QED) is 0.482. The molecule has 0 spiro atoms. The molecule has 0 fully saturated rings. The summed E-state index contributed by atoms with van der Waals surface area (Å²) in [6, 6.07) is 1.68. The van der Waals surface area contributed by atoms with Gasteiger partial charge in [0, 0.05) is 6.07 Å². The summed E-state index contributed by atoms with van der Waals surface area (Å²) < 4.78 is 4.82. The zero-order valence-corrected chi connectivity index (χ0v) is 6.26. The van der Waals surface area contributed by atoms with Gasteiger partial charge in [-0.2, -0.15) is 0 Å². The fourth-order valence-corrected chi connectivity index (χ4v) is 0.742. The van der Waals surface area contributed by atoms with Crippen molar-refractivity contribution in [1.29, 1.82) is 0 Å². The molecule has 0 radical (unpaired) electrons. The molecule has 0 amide bonds. The Balaban J connectivity index is 2.76. The minimum absolute atomic E-state index is 0.0694. The maximum absolute atomic E-state index is 4.82. The van der Waals surface area contributed by atoms with Crippen molar-refractivity contribution in [3.8, 4) is 0 Å². The van der Waals surface area contributed by atoms with Gasteiger partial charge in [-0.1, -0.05) is 5.16 Å². The molecule has 1 heterocycles. The first kappa shape index (κ1) is 7.12. The number of aliphatic imine (C=N–C) groups is 1. The molecule has 10 heavy (non-hydrogen) atoms. The zero-order valence-electron chi connectivity index (χ0n) is 5.44.